The van der Waals surface area contributed by atoms with Gasteiger partial charge < -0.3 is 5.32 Å². The quantitative estimate of drug-likeness (QED) is 0.734. The Hall–Kier alpha value is -1.47. The molecule has 0 bridgehead atoms. The van der Waals surface area contributed by atoms with Crippen molar-refractivity contribution in [2.45, 2.75) is 13.5 Å². The monoisotopic (exact) mass is 176 g/mol. The minimum atomic E-state index is 0.0386. The van der Waals surface area contributed by atoms with Crippen molar-refractivity contribution in [3.05, 3.63) is 24.3 Å². The summed E-state index contributed by atoms with van der Waals surface area (Å²) in [5.74, 6) is 0.0386. The lowest BCUT2D eigenvalue weighted by molar-refractivity contribution is 0.594. The maximum atomic E-state index is 8.51. The van der Waals surface area contributed by atoms with E-state index in [-0.39, 0.29) is 5.92 Å². The SMILES string of the molecule is CC(C#N)CNCc1cnccn1. The molecule has 0 saturated carbocycles. The Labute approximate surface area is 77.6 Å². The molecule has 1 atom stereocenters. The van der Waals surface area contributed by atoms with Gasteiger partial charge in [-0.25, -0.2) is 0 Å². The molecular formula is C9H12N4. The first-order valence-corrected chi connectivity index (χ1v) is 4.18. The molecule has 0 amide bonds. The van der Waals surface area contributed by atoms with Crippen LogP contribution < -0.4 is 5.32 Å². The number of hydrogen-bond acceptors (Lipinski definition) is 4. The van der Waals surface area contributed by atoms with Crippen LogP contribution in [0.3, 0.4) is 0 Å². The third-order valence-electron chi connectivity index (χ3n) is 1.59. The Morgan fingerprint density at radius 3 is 3.08 bits per heavy atom. The largest absolute Gasteiger partial charge is 0.310 e. The normalized spacial score (nSPS) is 12.0. The van der Waals surface area contributed by atoms with Gasteiger partial charge >= 0.3 is 0 Å². The Bertz CT molecular complexity index is 277. The van der Waals surface area contributed by atoms with E-state index in [1.54, 1.807) is 18.6 Å². The Balaban J connectivity index is 2.25. The highest BCUT2D eigenvalue weighted by Gasteiger charge is 1.98. The summed E-state index contributed by atoms with van der Waals surface area (Å²) in [4.78, 5) is 8.03. The molecule has 0 fully saturated rings. The number of rotatable bonds is 4. The van der Waals surface area contributed by atoms with E-state index in [1.807, 2.05) is 6.92 Å². The smallest absolute Gasteiger partial charge is 0.0724 e. The molecule has 1 aromatic rings. The summed E-state index contributed by atoms with van der Waals surface area (Å²) in [5.41, 5.74) is 0.896. The fourth-order valence-electron chi connectivity index (χ4n) is 0.884. The van der Waals surface area contributed by atoms with Gasteiger partial charge in [-0.15, -0.1) is 0 Å². The summed E-state index contributed by atoms with van der Waals surface area (Å²) < 4.78 is 0. The van der Waals surface area contributed by atoms with Gasteiger partial charge in [0.15, 0.2) is 0 Å². The van der Waals surface area contributed by atoms with Crippen LogP contribution in [-0.4, -0.2) is 16.5 Å². The van der Waals surface area contributed by atoms with Crippen molar-refractivity contribution in [2.24, 2.45) is 5.92 Å². The van der Waals surface area contributed by atoms with E-state index in [1.165, 1.54) is 0 Å². The summed E-state index contributed by atoms with van der Waals surface area (Å²) in [5, 5.41) is 11.6. The maximum absolute atomic E-state index is 8.51. The van der Waals surface area contributed by atoms with Crippen LogP contribution >= 0.6 is 0 Å². The maximum Gasteiger partial charge on any atom is 0.0724 e. The lowest BCUT2D eigenvalue weighted by Crippen LogP contribution is -2.20. The second-order valence-electron chi connectivity index (χ2n) is 2.86. The van der Waals surface area contributed by atoms with Crippen LogP contribution in [0.2, 0.25) is 0 Å². The average Bonchev–Trinajstić information content (AvgIpc) is 2.19. The summed E-state index contributed by atoms with van der Waals surface area (Å²) in [6.45, 7) is 3.23. The number of nitriles is 1. The highest BCUT2D eigenvalue weighted by atomic mass is 14.9. The average molecular weight is 176 g/mol. The van der Waals surface area contributed by atoms with Gasteiger partial charge in [-0.3, -0.25) is 9.97 Å². The molecule has 13 heavy (non-hydrogen) atoms. The molecule has 1 unspecified atom stereocenters. The van der Waals surface area contributed by atoms with Gasteiger partial charge in [-0.1, -0.05) is 0 Å². The molecule has 0 saturated heterocycles. The van der Waals surface area contributed by atoms with Gasteiger partial charge in [0.1, 0.15) is 0 Å². The highest BCUT2D eigenvalue weighted by Crippen LogP contribution is 1.91. The lowest BCUT2D eigenvalue weighted by Gasteiger charge is -2.03. The number of aromatic nitrogens is 2. The fourth-order valence-corrected chi connectivity index (χ4v) is 0.884. The van der Waals surface area contributed by atoms with Crippen LogP contribution in [0.25, 0.3) is 0 Å². The molecule has 4 heteroatoms. The van der Waals surface area contributed by atoms with Crippen molar-refractivity contribution in [2.75, 3.05) is 6.54 Å². The van der Waals surface area contributed by atoms with Crippen LogP contribution in [-0.2, 0) is 6.54 Å². The Morgan fingerprint density at radius 1 is 1.62 bits per heavy atom. The molecule has 1 N–H and O–H groups in total. The zero-order valence-electron chi connectivity index (χ0n) is 7.57. The summed E-state index contributed by atoms with van der Waals surface area (Å²) in [7, 11) is 0. The molecule has 1 heterocycles. The molecule has 0 aliphatic carbocycles. The van der Waals surface area contributed by atoms with E-state index in [0.717, 1.165) is 5.69 Å². The Kier molecular flexibility index (Phi) is 3.86. The van der Waals surface area contributed by atoms with Crippen molar-refractivity contribution < 1.29 is 0 Å². The summed E-state index contributed by atoms with van der Waals surface area (Å²) in [6.07, 6.45) is 5.01. The zero-order valence-corrected chi connectivity index (χ0v) is 7.57. The third-order valence-corrected chi connectivity index (χ3v) is 1.59. The number of hydrogen-bond donors (Lipinski definition) is 1. The second kappa shape index (κ2) is 5.22. The fraction of sp³-hybridized carbons (Fsp3) is 0.444. The van der Waals surface area contributed by atoms with E-state index >= 15 is 0 Å². The van der Waals surface area contributed by atoms with Gasteiger partial charge in [0, 0.05) is 31.7 Å². The van der Waals surface area contributed by atoms with Crippen LogP contribution in [0.15, 0.2) is 18.6 Å². The van der Waals surface area contributed by atoms with Crippen molar-refractivity contribution in [3.8, 4) is 6.07 Å². The zero-order chi connectivity index (χ0) is 9.52. The first-order chi connectivity index (χ1) is 6.33. The molecular weight excluding hydrogens is 164 g/mol. The van der Waals surface area contributed by atoms with Crippen LogP contribution in [0.1, 0.15) is 12.6 Å². The van der Waals surface area contributed by atoms with E-state index in [0.29, 0.717) is 13.1 Å². The van der Waals surface area contributed by atoms with Crippen molar-refractivity contribution >= 4 is 0 Å². The molecule has 1 rings (SSSR count). The van der Waals surface area contributed by atoms with Gasteiger partial charge in [0.25, 0.3) is 0 Å². The first-order valence-electron chi connectivity index (χ1n) is 4.18. The van der Waals surface area contributed by atoms with Crippen molar-refractivity contribution in [3.63, 3.8) is 0 Å². The highest BCUT2D eigenvalue weighted by molar-refractivity contribution is 4.94. The predicted octanol–water partition coefficient (Wildman–Crippen LogP) is 0.726. The summed E-state index contributed by atoms with van der Waals surface area (Å²) in [6, 6.07) is 2.15. The Morgan fingerprint density at radius 2 is 2.46 bits per heavy atom. The van der Waals surface area contributed by atoms with Gasteiger partial charge in [-0.2, -0.15) is 5.26 Å². The van der Waals surface area contributed by atoms with Gasteiger partial charge in [0.2, 0.25) is 0 Å². The van der Waals surface area contributed by atoms with E-state index in [9.17, 15) is 0 Å². The number of nitrogens with one attached hydrogen (secondary N) is 1. The molecule has 1 aromatic heterocycles. The molecule has 0 aliphatic rings. The minimum Gasteiger partial charge on any atom is -0.310 e. The number of nitrogens with zero attached hydrogens (tertiary/aromatic N) is 3. The van der Waals surface area contributed by atoms with E-state index in [4.69, 9.17) is 5.26 Å². The van der Waals surface area contributed by atoms with Crippen molar-refractivity contribution in [1.82, 2.24) is 15.3 Å². The summed E-state index contributed by atoms with van der Waals surface area (Å²) >= 11 is 0. The standard InChI is InChI=1S/C9H12N4/c1-8(4-10)5-12-7-9-6-11-2-3-13-9/h2-3,6,8,12H,5,7H2,1H3. The van der Waals surface area contributed by atoms with E-state index in [2.05, 4.69) is 21.4 Å². The minimum absolute atomic E-state index is 0.0386. The molecule has 0 aromatic carbocycles. The molecule has 0 spiro atoms. The van der Waals surface area contributed by atoms with Crippen LogP contribution in [0.4, 0.5) is 0 Å². The molecule has 68 valence electrons. The first kappa shape index (κ1) is 9.62. The van der Waals surface area contributed by atoms with E-state index < -0.39 is 0 Å². The van der Waals surface area contributed by atoms with Gasteiger partial charge in [0.05, 0.1) is 17.7 Å². The second-order valence-corrected chi connectivity index (χ2v) is 2.86. The molecule has 0 radical (unpaired) electrons. The van der Waals surface area contributed by atoms with Crippen LogP contribution in [0.5, 0.6) is 0 Å². The van der Waals surface area contributed by atoms with Crippen molar-refractivity contribution in [1.29, 1.82) is 5.26 Å². The molecule has 0 aliphatic heterocycles. The van der Waals surface area contributed by atoms with Crippen LogP contribution in [0, 0.1) is 17.2 Å². The molecule has 4 nitrogen and oxygen atoms in total. The topological polar surface area (TPSA) is 61.6 Å². The predicted molar refractivity (Wildman–Crippen MR) is 48.5 cm³/mol. The lowest BCUT2D eigenvalue weighted by atomic mass is 10.2. The third kappa shape index (κ3) is 3.63. The van der Waals surface area contributed by atoms with Gasteiger partial charge in [-0.05, 0) is 6.92 Å².